The summed E-state index contributed by atoms with van der Waals surface area (Å²) in [6, 6.07) is 15.1. The topological polar surface area (TPSA) is 81.3 Å². The molecule has 1 aromatic heterocycles. The number of nitrogen functional groups attached to an aromatic ring is 1. The average Bonchev–Trinajstić information content (AvgIpc) is 2.79. The first-order valence-corrected chi connectivity index (χ1v) is 10.1. The molecule has 1 aliphatic heterocycles. The van der Waals surface area contributed by atoms with Crippen LogP contribution >= 0.6 is 0 Å². The standard InChI is InChI=1S/C23H21F3N4O2/c24-23(25,26)18-14-16(6-8-20(18)32-17-4-2-1-3-5-17)22(31)30-12-10-15(11-13-30)19-7-9-21(27)29-28-19/h1-9,14-15H,10-13H2,(H2,27,29). The monoisotopic (exact) mass is 442 g/mol. The molecule has 3 aromatic rings. The van der Waals surface area contributed by atoms with Crippen LogP contribution in [0, 0.1) is 0 Å². The van der Waals surface area contributed by atoms with Gasteiger partial charge in [0.2, 0.25) is 0 Å². The van der Waals surface area contributed by atoms with Crippen molar-refractivity contribution in [1.29, 1.82) is 0 Å². The average molecular weight is 442 g/mol. The van der Waals surface area contributed by atoms with Crippen LogP contribution in [0.5, 0.6) is 11.5 Å². The summed E-state index contributed by atoms with van der Waals surface area (Å²) in [5.41, 5.74) is 5.35. The largest absolute Gasteiger partial charge is 0.457 e. The third-order valence-corrected chi connectivity index (χ3v) is 5.41. The van der Waals surface area contributed by atoms with Crippen LogP contribution in [0.1, 0.15) is 40.4 Å². The SMILES string of the molecule is Nc1ccc(C2CCN(C(=O)c3ccc(Oc4ccccc4)c(C(F)(F)F)c3)CC2)nn1. The Morgan fingerprint density at radius 3 is 2.34 bits per heavy atom. The summed E-state index contributed by atoms with van der Waals surface area (Å²) in [6.07, 6.45) is -3.38. The fourth-order valence-electron chi connectivity index (χ4n) is 3.72. The molecule has 2 N–H and O–H groups in total. The molecule has 0 aliphatic carbocycles. The molecule has 0 radical (unpaired) electrons. The van der Waals surface area contributed by atoms with Gasteiger partial charge in [0.25, 0.3) is 5.91 Å². The Morgan fingerprint density at radius 1 is 1.00 bits per heavy atom. The lowest BCUT2D eigenvalue weighted by atomic mass is 9.93. The predicted molar refractivity (Wildman–Crippen MR) is 112 cm³/mol. The lowest BCUT2D eigenvalue weighted by molar-refractivity contribution is -0.138. The first-order valence-electron chi connectivity index (χ1n) is 10.1. The van der Waals surface area contributed by atoms with E-state index in [2.05, 4.69) is 10.2 Å². The molecule has 1 aliphatic rings. The maximum absolute atomic E-state index is 13.7. The van der Waals surface area contributed by atoms with E-state index in [4.69, 9.17) is 10.5 Å². The summed E-state index contributed by atoms with van der Waals surface area (Å²) >= 11 is 0. The number of para-hydroxylation sites is 1. The first kappa shape index (κ1) is 21.6. The Balaban J connectivity index is 1.49. The zero-order valence-corrected chi connectivity index (χ0v) is 17.0. The van der Waals surface area contributed by atoms with E-state index in [9.17, 15) is 18.0 Å². The smallest absolute Gasteiger partial charge is 0.420 e. The fraction of sp³-hybridized carbons (Fsp3) is 0.261. The van der Waals surface area contributed by atoms with E-state index in [0.29, 0.717) is 31.7 Å². The Labute approximate surface area is 182 Å². The van der Waals surface area contributed by atoms with Crippen LogP contribution in [0.25, 0.3) is 0 Å². The molecule has 1 amide bonds. The van der Waals surface area contributed by atoms with Crippen molar-refractivity contribution in [2.45, 2.75) is 24.9 Å². The molecule has 166 valence electrons. The van der Waals surface area contributed by atoms with Gasteiger partial charge in [-0.25, -0.2) is 0 Å². The molecule has 1 saturated heterocycles. The van der Waals surface area contributed by atoms with Crippen molar-refractivity contribution in [2.24, 2.45) is 0 Å². The van der Waals surface area contributed by atoms with E-state index >= 15 is 0 Å². The lowest BCUT2D eigenvalue weighted by Crippen LogP contribution is -2.38. The normalized spacial score (nSPS) is 14.9. The number of benzene rings is 2. The number of carbonyl (C=O) groups excluding carboxylic acids is 1. The van der Waals surface area contributed by atoms with Gasteiger partial charge in [-0.05, 0) is 55.3 Å². The van der Waals surface area contributed by atoms with E-state index in [1.165, 1.54) is 12.1 Å². The first-order chi connectivity index (χ1) is 15.3. The summed E-state index contributed by atoms with van der Waals surface area (Å²) in [5.74, 6) is -0.0459. The number of anilines is 1. The maximum atomic E-state index is 13.7. The number of nitrogens with two attached hydrogens (primary N) is 1. The number of nitrogens with zero attached hydrogens (tertiary/aromatic N) is 3. The number of hydrogen-bond acceptors (Lipinski definition) is 5. The molecule has 9 heteroatoms. The van der Waals surface area contributed by atoms with E-state index in [1.807, 2.05) is 6.07 Å². The number of aromatic nitrogens is 2. The van der Waals surface area contributed by atoms with Gasteiger partial charge in [0, 0.05) is 24.6 Å². The van der Waals surface area contributed by atoms with Gasteiger partial charge in [-0.2, -0.15) is 18.3 Å². The number of carbonyl (C=O) groups is 1. The molecule has 32 heavy (non-hydrogen) atoms. The molecule has 2 heterocycles. The number of rotatable bonds is 4. The zero-order valence-electron chi connectivity index (χ0n) is 17.0. The van der Waals surface area contributed by atoms with Crippen LogP contribution in [-0.2, 0) is 6.18 Å². The number of hydrogen-bond donors (Lipinski definition) is 1. The summed E-state index contributed by atoms with van der Waals surface area (Å²) in [4.78, 5) is 14.5. The minimum atomic E-state index is -4.67. The van der Waals surface area contributed by atoms with E-state index in [-0.39, 0.29) is 23.0 Å². The van der Waals surface area contributed by atoms with Crippen molar-refractivity contribution >= 4 is 11.7 Å². The van der Waals surface area contributed by atoms with Crippen LogP contribution in [-0.4, -0.2) is 34.1 Å². The third kappa shape index (κ3) is 4.82. The van der Waals surface area contributed by atoms with Gasteiger partial charge in [-0.15, -0.1) is 5.10 Å². The minimum absolute atomic E-state index is 0.0246. The molecule has 0 atom stereocenters. The van der Waals surface area contributed by atoms with Crippen molar-refractivity contribution < 1.29 is 22.7 Å². The summed E-state index contributed by atoms with van der Waals surface area (Å²) in [5, 5.41) is 7.95. The molecule has 4 rings (SSSR count). The summed E-state index contributed by atoms with van der Waals surface area (Å²) in [6.45, 7) is 0.832. The summed E-state index contributed by atoms with van der Waals surface area (Å²) in [7, 11) is 0. The quantitative estimate of drug-likeness (QED) is 0.622. The molecular weight excluding hydrogens is 421 g/mol. The highest BCUT2D eigenvalue weighted by Gasteiger charge is 2.36. The molecule has 6 nitrogen and oxygen atoms in total. The number of alkyl halides is 3. The third-order valence-electron chi connectivity index (χ3n) is 5.41. The van der Waals surface area contributed by atoms with E-state index in [1.54, 1.807) is 41.3 Å². The number of amides is 1. The van der Waals surface area contributed by atoms with Crippen LogP contribution in [0.3, 0.4) is 0 Å². The zero-order chi connectivity index (χ0) is 22.7. The second-order valence-electron chi connectivity index (χ2n) is 7.57. The Hall–Kier alpha value is -3.62. The van der Waals surface area contributed by atoms with Gasteiger partial charge < -0.3 is 15.4 Å². The van der Waals surface area contributed by atoms with Crippen molar-refractivity contribution in [3.8, 4) is 11.5 Å². The van der Waals surface area contributed by atoms with Crippen molar-refractivity contribution in [2.75, 3.05) is 18.8 Å². The van der Waals surface area contributed by atoms with E-state index < -0.39 is 17.6 Å². The highest BCUT2D eigenvalue weighted by Crippen LogP contribution is 2.39. The Morgan fingerprint density at radius 2 is 1.72 bits per heavy atom. The molecular formula is C23H21F3N4O2. The van der Waals surface area contributed by atoms with Gasteiger partial charge in [-0.3, -0.25) is 4.79 Å². The fourth-order valence-corrected chi connectivity index (χ4v) is 3.72. The van der Waals surface area contributed by atoms with Crippen molar-refractivity contribution in [3.05, 3.63) is 77.5 Å². The maximum Gasteiger partial charge on any atom is 0.420 e. The van der Waals surface area contributed by atoms with E-state index in [0.717, 1.165) is 11.8 Å². The highest BCUT2D eigenvalue weighted by atomic mass is 19.4. The van der Waals surface area contributed by atoms with Gasteiger partial charge in [0.15, 0.2) is 0 Å². The van der Waals surface area contributed by atoms with Crippen LogP contribution in [0.2, 0.25) is 0 Å². The van der Waals surface area contributed by atoms with Crippen LogP contribution in [0.15, 0.2) is 60.7 Å². The molecule has 0 spiro atoms. The summed E-state index contributed by atoms with van der Waals surface area (Å²) < 4.78 is 46.5. The highest BCUT2D eigenvalue weighted by molar-refractivity contribution is 5.94. The van der Waals surface area contributed by atoms with Crippen molar-refractivity contribution in [1.82, 2.24) is 15.1 Å². The molecule has 0 bridgehead atoms. The number of piperidine rings is 1. The number of likely N-dealkylation sites (tertiary alicyclic amines) is 1. The Kier molecular flexibility index (Phi) is 5.98. The minimum Gasteiger partial charge on any atom is -0.457 e. The lowest BCUT2D eigenvalue weighted by Gasteiger charge is -2.31. The van der Waals surface area contributed by atoms with Crippen molar-refractivity contribution in [3.63, 3.8) is 0 Å². The molecule has 0 saturated carbocycles. The Bertz CT molecular complexity index is 1080. The molecule has 1 fully saturated rings. The second-order valence-corrected chi connectivity index (χ2v) is 7.57. The van der Waals surface area contributed by atoms with Gasteiger partial charge >= 0.3 is 6.18 Å². The van der Waals surface area contributed by atoms with Crippen LogP contribution < -0.4 is 10.5 Å². The van der Waals surface area contributed by atoms with Gasteiger partial charge in [0.1, 0.15) is 17.3 Å². The van der Waals surface area contributed by atoms with Crippen LogP contribution in [0.4, 0.5) is 19.0 Å². The van der Waals surface area contributed by atoms with Gasteiger partial charge in [0.05, 0.1) is 11.3 Å². The number of ether oxygens (including phenoxy) is 1. The molecule has 2 aromatic carbocycles. The second kappa shape index (κ2) is 8.86. The predicted octanol–water partition coefficient (Wildman–Crippen LogP) is 4.89. The molecule has 0 unspecified atom stereocenters. The number of halogens is 3. The van der Waals surface area contributed by atoms with Gasteiger partial charge in [-0.1, -0.05) is 18.2 Å².